The first kappa shape index (κ1) is 21.8. The number of benzene rings is 2. The highest BCUT2D eigenvalue weighted by Gasteiger charge is 2.55. The van der Waals surface area contributed by atoms with E-state index in [2.05, 4.69) is 16.4 Å². The molecule has 2 bridgehead atoms. The molecule has 1 aliphatic heterocycles. The number of fused-ring (bicyclic) bond motifs is 6. The Morgan fingerprint density at radius 3 is 2.74 bits per heavy atom. The van der Waals surface area contributed by atoms with Crippen LogP contribution in [0.15, 0.2) is 58.4 Å². The minimum absolute atomic E-state index is 0.00656. The highest BCUT2D eigenvalue weighted by molar-refractivity contribution is 8.00. The summed E-state index contributed by atoms with van der Waals surface area (Å²) >= 11 is 3.21. The summed E-state index contributed by atoms with van der Waals surface area (Å²) in [6.45, 7) is -0.0825. The molecule has 3 aliphatic rings. The van der Waals surface area contributed by atoms with Crippen molar-refractivity contribution in [2.45, 2.75) is 35.5 Å². The average Bonchev–Trinajstić information content (AvgIpc) is 3.56. The lowest BCUT2D eigenvalue weighted by Crippen LogP contribution is -2.34. The SMILES string of the molecule is COc1ccc(NC(=O)COc2ccccc2[C@@H]2c3sc(=O)[nH]c3S[C@H]3[C@H]4CC[C@@H](C4)[C@@H]23)cc1. The topological polar surface area (TPSA) is 80.4 Å². The van der Waals surface area contributed by atoms with Crippen molar-refractivity contribution in [3.8, 4) is 11.5 Å². The lowest BCUT2D eigenvalue weighted by molar-refractivity contribution is -0.118. The zero-order valence-electron chi connectivity index (χ0n) is 18.8. The van der Waals surface area contributed by atoms with Gasteiger partial charge in [-0.3, -0.25) is 9.59 Å². The van der Waals surface area contributed by atoms with Crippen molar-refractivity contribution < 1.29 is 14.3 Å². The third-order valence-corrected chi connectivity index (χ3v) is 10.1. The number of ether oxygens (including phenoxy) is 2. The monoisotopic (exact) mass is 494 g/mol. The molecule has 2 N–H and O–H groups in total. The Kier molecular flexibility index (Phi) is 5.65. The fourth-order valence-corrected chi connectivity index (χ4v) is 8.97. The van der Waals surface area contributed by atoms with Crippen LogP contribution in [0.2, 0.25) is 0 Å². The van der Waals surface area contributed by atoms with Gasteiger partial charge in [0.25, 0.3) is 5.91 Å². The maximum Gasteiger partial charge on any atom is 0.305 e. The summed E-state index contributed by atoms with van der Waals surface area (Å²) in [6, 6.07) is 15.2. The standard InChI is InChI=1S/C26H26N2O4S2/c1-31-17-10-8-16(9-11-17)27-20(29)13-32-19-5-3-2-4-18(19)22-21-14-6-7-15(12-14)23(21)33-25-24(22)34-26(30)28-25/h2-5,8-11,14-15,21-23H,6-7,12-13H2,1H3,(H,27,29)(H,28,30)/t14-,15-,21-,22-,23-/m0/s1. The second-order valence-corrected chi connectivity index (χ2v) is 11.5. The van der Waals surface area contributed by atoms with Gasteiger partial charge in [0.05, 0.1) is 12.1 Å². The highest BCUT2D eigenvalue weighted by Crippen LogP contribution is 2.64. The number of aromatic amines is 1. The number of amides is 1. The van der Waals surface area contributed by atoms with E-state index in [0.717, 1.165) is 32.9 Å². The van der Waals surface area contributed by atoms with E-state index >= 15 is 0 Å². The molecular formula is C26H26N2O4S2. The Hall–Kier alpha value is -2.71. The number of para-hydroxylation sites is 1. The van der Waals surface area contributed by atoms with Gasteiger partial charge in [-0.25, -0.2) is 0 Å². The van der Waals surface area contributed by atoms with Crippen LogP contribution in [0.5, 0.6) is 11.5 Å². The number of carbonyl (C=O) groups is 1. The van der Waals surface area contributed by atoms with Crippen molar-refractivity contribution >= 4 is 34.7 Å². The van der Waals surface area contributed by atoms with E-state index in [-0.39, 0.29) is 23.3 Å². The van der Waals surface area contributed by atoms with Gasteiger partial charge in [0, 0.05) is 27.3 Å². The molecule has 2 aromatic carbocycles. The molecule has 6 rings (SSSR count). The van der Waals surface area contributed by atoms with Crippen molar-refractivity contribution in [3.05, 3.63) is 68.6 Å². The number of hydrogen-bond acceptors (Lipinski definition) is 6. The minimum atomic E-state index is -0.219. The zero-order chi connectivity index (χ0) is 23.2. The number of hydrogen-bond donors (Lipinski definition) is 2. The summed E-state index contributed by atoms with van der Waals surface area (Å²) in [4.78, 5) is 29.1. The van der Waals surface area contributed by atoms with Gasteiger partial charge in [0.2, 0.25) is 0 Å². The average molecular weight is 495 g/mol. The summed E-state index contributed by atoms with van der Waals surface area (Å²) in [5, 5.41) is 4.44. The van der Waals surface area contributed by atoms with Crippen molar-refractivity contribution in [1.82, 2.24) is 4.98 Å². The molecule has 176 valence electrons. The molecule has 2 aliphatic carbocycles. The second-order valence-electron chi connectivity index (χ2n) is 9.28. The predicted molar refractivity (Wildman–Crippen MR) is 134 cm³/mol. The molecular weight excluding hydrogens is 468 g/mol. The van der Waals surface area contributed by atoms with E-state index in [0.29, 0.717) is 22.8 Å². The number of methoxy groups -OCH3 is 1. The Bertz CT molecular complexity index is 1270. The van der Waals surface area contributed by atoms with Crippen molar-refractivity contribution in [1.29, 1.82) is 0 Å². The molecule has 2 fully saturated rings. The molecule has 6 nitrogen and oxygen atoms in total. The lowest BCUT2D eigenvalue weighted by atomic mass is 9.74. The van der Waals surface area contributed by atoms with Gasteiger partial charge in [-0.15, -0.1) is 11.8 Å². The van der Waals surface area contributed by atoms with Crippen LogP contribution in [0.4, 0.5) is 5.69 Å². The third kappa shape index (κ3) is 3.82. The van der Waals surface area contributed by atoms with Gasteiger partial charge in [-0.05, 0) is 67.3 Å². The number of thioether (sulfide) groups is 1. The van der Waals surface area contributed by atoms with E-state index in [4.69, 9.17) is 9.47 Å². The maximum atomic E-state index is 12.6. The first-order valence-corrected chi connectivity index (χ1v) is 13.4. The van der Waals surface area contributed by atoms with Crippen molar-refractivity contribution in [2.75, 3.05) is 19.0 Å². The summed E-state index contributed by atoms with van der Waals surface area (Å²) < 4.78 is 11.3. The van der Waals surface area contributed by atoms with Gasteiger partial charge in [0.15, 0.2) is 6.61 Å². The molecule has 1 amide bonds. The van der Waals surface area contributed by atoms with E-state index in [1.165, 1.54) is 30.6 Å². The molecule has 2 heterocycles. The van der Waals surface area contributed by atoms with Gasteiger partial charge in [-0.1, -0.05) is 29.5 Å². The minimum Gasteiger partial charge on any atom is -0.497 e. The number of rotatable bonds is 6. The zero-order valence-corrected chi connectivity index (χ0v) is 20.4. The Balaban J connectivity index is 1.25. The summed E-state index contributed by atoms with van der Waals surface area (Å²) in [6.07, 6.45) is 3.84. The van der Waals surface area contributed by atoms with Crippen LogP contribution in [-0.4, -0.2) is 29.9 Å². The molecule has 5 atom stereocenters. The van der Waals surface area contributed by atoms with Crippen molar-refractivity contribution in [3.63, 3.8) is 0 Å². The van der Waals surface area contributed by atoms with Crippen molar-refractivity contribution in [2.24, 2.45) is 17.8 Å². The molecule has 0 spiro atoms. The number of anilines is 1. The number of carbonyl (C=O) groups excluding carboxylic acids is 1. The van der Waals surface area contributed by atoms with Gasteiger partial charge in [0.1, 0.15) is 11.5 Å². The smallest absolute Gasteiger partial charge is 0.305 e. The lowest BCUT2D eigenvalue weighted by Gasteiger charge is -2.40. The third-order valence-electron chi connectivity index (χ3n) is 7.45. The van der Waals surface area contributed by atoms with Crippen LogP contribution in [0.1, 0.15) is 35.6 Å². The van der Waals surface area contributed by atoms with E-state index in [1.54, 1.807) is 31.4 Å². The van der Waals surface area contributed by atoms with E-state index in [9.17, 15) is 9.59 Å². The first-order valence-electron chi connectivity index (χ1n) is 11.7. The molecule has 0 saturated heterocycles. The van der Waals surface area contributed by atoms with Gasteiger partial charge >= 0.3 is 4.87 Å². The van der Waals surface area contributed by atoms with Gasteiger partial charge in [-0.2, -0.15) is 0 Å². The fourth-order valence-electron chi connectivity index (χ4n) is 6.08. The van der Waals surface area contributed by atoms with Gasteiger partial charge < -0.3 is 19.8 Å². The number of aromatic nitrogens is 1. The van der Waals surface area contributed by atoms with Crippen LogP contribution in [0.25, 0.3) is 0 Å². The maximum absolute atomic E-state index is 12.6. The van der Waals surface area contributed by atoms with E-state index in [1.807, 2.05) is 30.0 Å². The summed E-state index contributed by atoms with van der Waals surface area (Å²) in [5.74, 6) is 3.27. The molecule has 1 aromatic heterocycles. The van der Waals surface area contributed by atoms with Crippen LogP contribution in [0.3, 0.4) is 0 Å². The molecule has 0 unspecified atom stereocenters. The predicted octanol–water partition coefficient (Wildman–Crippen LogP) is 5.11. The second kappa shape index (κ2) is 8.82. The highest BCUT2D eigenvalue weighted by atomic mass is 32.2. The normalized spacial score (nSPS) is 26.6. The Labute approximate surface area is 206 Å². The van der Waals surface area contributed by atoms with Crippen LogP contribution in [0, 0.1) is 17.8 Å². The summed E-state index contributed by atoms with van der Waals surface area (Å²) in [7, 11) is 1.61. The molecule has 8 heteroatoms. The molecule has 2 saturated carbocycles. The fraction of sp³-hybridized carbons (Fsp3) is 0.385. The van der Waals surface area contributed by atoms with Crippen LogP contribution in [-0.2, 0) is 4.79 Å². The number of thiazole rings is 1. The Morgan fingerprint density at radius 1 is 1.12 bits per heavy atom. The largest absolute Gasteiger partial charge is 0.497 e. The first-order chi connectivity index (χ1) is 16.6. The quantitative estimate of drug-likeness (QED) is 0.498. The van der Waals surface area contributed by atoms with E-state index < -0.39 is 0 Å². The molecule has 0 radical (unpaired) electrons. The molecule has 34 heavy (non-hydrogen) atoms. The summed E-state index contributed by atoms with van der Waals surface area (Å²) in [5.41, 5.74) is 1.78. The number of H-pyrrole nitrogens is 1. The Morgan fingerprint density at radius 2 is 1.91 bits per heavy atom. The number of nitrogens with one attached hydrogen (secondary N) is 2. The van der Waals surface area contributed by atoms with Crippen LogP contribution < -0.4 is 19.7 Å². The van der Waals surface area contributed by atoms with Crippen LogP contribution >= 0.6 is 23.1 Å². The molecule has 3 aromatic rings.